The van der Waals surface area contributed by atoms with Gasteiger partial charge in [-0.15, -0.1) is 0 Å². The summed E-state index contributed by atoms with van der Waals surface area (Å²) in [6.07, 6.45) is 2.77. The minimum absolute atomic E-state index is 0.125. The third-order valence-corrected chi connectivity index (χ3v) is 3.30. The van der Waals surface area contributed by atoms with E-state index in [9.17, 15) is 4.79 Å². The lowest BCUT2D eigenvalue weighted by molar-refractivity contribution is 0.0213. The molecular weight excluding hydrogens is 200 g/mol. The van der Waals surface area contributed by atoms with Crippen LogP contribution in [0.1, 0.15) is 42.6 Å². The van der Waals surface area contributed by atoms with Crippen LogP contribution in [0.5, 0.6) is 0 Å². The molecule has 1 atom stereocenters. The van der Waals surface area contributed by atoms with Crippen LogP contribution in [0.25, 0.3) is 0 Å². The zero-order valence-corrected chi connectivity index (χ0v) is 9.95. The summed E-state index contributed by atoms with van der Waals surface area (Å²) in [5, 5.41) is 0. The van der Waals surface area contributed by atoms with E-state index in [0.29, 0.717) is 6.61 Å². The van der Waals surface area contributed by atoms with Crippen molar-refractivity contribution in [3.8, 4) is 0 Å². The Kier molecular flexibility index (Phi) is 3.10. The molecule has 2 heteroatoms. The van der Waals surface area contributed by atoms with E-state index in [0.717, 1.165) is 24.8 Å². The molecular formula is C14H18O2. The zero-order valence-electron chi connectivity index (χ0n) is 9.95. The van der Waals surface area contributed by atoms with Crippen LogP contribution in [-0.4, -0.2) is 18.0 Å². The minimum Gasteiger partial charge on any atom is -0.367 e. The number of ketones is 1. The van der Waals surface area contributed by atoms with Gasteiger partial charge < -0.3 is 4.74 Å². The van der Waals surface area contributed by atoms with Crippen molar-refractivity contribution in [2.75, 3.05) is 6.61 Å². The molecule has 1 aliphatic rings. The molecule has 1 heterocycles. The normalized spacial score (nSPS) is 24.6. The van der Waals surface area contributed by atoms with E-state index in [4.69, 9.17) is 4.74 Å². The van der Waals surface area contributed by atoms with Gasteiger partial charge in [0.25, 0.3) is 0 Å². The Morgan fingerprint density at radius 1 is 1.50 bits per heavy atom. The van der Waals surface area contributed by atoms with Gasteiger partial charge in [-0.2, -0.15) is 0 Å². The molecule has 0 N–H and O–H groups in total. The first-order chi connectivity index (χ1) is 7.65. The van der Waals surface area contributed by atoms with Gasteiger partial charge in [-0.3, -0.25) is 4.79 Å². The molecule has 1 aromatic rings. The third kappa shape index (κ3) is 2.03. The van der Waals surface area contributed by atoms with Crippen LogP contribution >= 0.6 is 0 Å². The van der Waals surface area contributed by atoms with Gasteiger partial charge in [-0.25, -0.2) is 0 Å². The number of ether oxygens (including phenoxy) is 1. The van der Waals surface area contributed by atoms with Crippen molar-refractivity contribution in [1.82, 2.24) is 0 Å². The maximum absolute atomic E-state index is 12.3. The van der Waals surface area contributed by atoms with Crippen LogP contribution < -0.4 is 0 Å². The first-order valence-electron chi connectivity index (χ1n) is 5.93. The molecule has 16 heavy (non-hydrogen) atoms. The molecule has 2 nitrogen and oxygen atoms in total. The molecule has 1 aromatic carbocycles. The van der Waals surface area contributed by atoms with Crippen LogP contribution in [0.2, 0.25) is 0 Å². The van der Waals surface area contributed by atoms with Gasteiger partial charge in [0, 0.05) is 12.2 Å². The quantitative estimate of drug-likeness (QED) is 0.729. The zero-order chi connectivity index (χ0) is 11.6. The third-order valence-electron chi connectivity index (χ3n) is 3.30. The summed E-state index contributed by atoms with van der Waals surface area (Å²) >= 11 is 0. The number of carbonyl (C=O) groups is 1. The summed E-state index contributed by atoms with van der Waals surface area (Å²) in [5.41, 5.74) is 1.39. The van der Waals surface area contributed by atoms with Crippen LogP contribution in [-0.2, 0) is 11.2 Å². The number of aryl methyl sites for hydroxylation is 1. The molecule has 1 fully saturated rings. The number of Topliss-reactive ketones (excluding diaryl/α,β-unsaturated/α-hetero) is 1. The standard InChI is InChI=1S/C14H18O2/c1-3-11-6-4-7-12(10-11)13(15)14(2)8-5-9-16-14/h4,6-7,10H,3,5,8-9H2,1-2H3. The van der Waals surface area contributed by atoms with Gasteiger partial charge in [-0.05, 0) is 37.8 Å². The number of hydrogen-bond acceptors (Lipinski definition) is 2. The van der Waals surface area contributed by atoms with Crippen molar-refractivity contribution < 1.29 is 9.53 Å². The Hall–Kier alpha value is -1.15. The van der Waals surface area contributed by atoms with Gasteiger partial charge >= 0.3 is 0 Å². The van der Waals surface area contributed by atoms with Gasteiger partial charge in [0.15, 0.2) is 5.78 Å². The molecule has 1 saturated heterocycles. The van der Waals surface area contributed by atoms with Crippen molar-refractivity contribution in [3.05, 3.63) is 35.4 Å². The van der Waals surface area contributed by atoms with Gasteiger partial charge in [0.05, 0.1) is 0 Å². The molecule has 86 valence electrons. The van der Waals surface area contributed by atoms with Crippen LogP contribution in [0.3, 0.4) is 0 Å². The van der Waals surface area contributed by atoms with Crippen molar-refractivity contribution in [3.63, 3.8) is 0 Å². The van der Waals surface area contributed by atoms with Crippen molar-refractivity contribution in [1.29, 1.82) is 0 Å². The highest BCUT2D eigenvalue weighted by atomic mass is 16.5. The molecule has 0 spiro atoms. The van der Waals surface area contributed by atoms with E-state index in [1.807, 2.05) is 25.1 Å². The first kappa shape index (κ1) is 11.3. The Morgan fingerprint density at radius 3 is 2.94 bits per heavy atom. The molecule has 0 saturated carbocycles. The molecule has 0 aliphatic carbocycles. The molecule has 2 rings (SSSR count). The fourth-order valence-electron chi connectivity index (χ4n) is 2.20. The summed E-state index contributed by atoms with van der Waals surface area (Å²) < 4.78 is 5.58. The number of rotatable bonds is 3. The highest BCUT2D eigenvalue weighted by molar-refractivity contribution is 6.02. The molecule has 0 aromatic heterocycles. The number of hydrogen-bond donors (Lipinski definition) is 0. The molecule has 0 bridgehead atoms. The van der Waals surface area contributed by atoms with E-state index in [-0.39, 0.29) is 5.78 Å². The molecule has 0 radical (unpaired) electrons. The average molecular weight is 218 g/mol. The maximum Gasteiger partial charge on any atom is 0.194 e. The first-order valence-corrected chi connectivity index (χ1v) is 5.93. The largest absolute Gasteiger partial charge is 0.367 e. The lowest BCUT2D eigenvalue weighted by Gasteiger charge is -2.21. The highest BCUT2D eigenvalue weighted by Gasteiger charge is 2.38. The van der Waals surface area contributed by atoms with Crippen molar-refractivity contribution in [2.24, 2.45) is 0 Å². The lowest BCUT2D eigenvalue weighted by Crippen LogP contribution is -2.34. The summed E-state index contributed by atoms with van der Waals surface area (Å²) in [7, 11) is 0. The fourth-order valence-corrected chi connectivity index (χ4v) is 2.20. The smallest absolute Gasteiger partial charge is 0.194 e. The molecule has 1 aliphatic heterocycles. The highest BCUT2D eigenvalue weighted by Crippen LogP contribution is 2.29. The monoisotopic (exact) mass is 218 g/mol. The summed E-state index contributed by atoms with van der Waals surface area (Å²) in [5.74, 6) is 0.125. The fraction of sp³-hybridized carbons (Fsp3) is 0.500. The Bertz CT molecular complexity index is 389. The molecule has 0 amide bonds. The second kappa shape index (κ2) is 4.38. The summed E-state index contributed by atoms with van der Waals surface area (Å²) in [6.45, 7) is 4.70. The second-order valence-corrected chi connectivity index (χ2v) is 4.57. The second-order valence-electron chi connectivity index (χ2n) is 4.57. The van der Waals surface area contributed by atoms with Gasteiger partial charge in [0.2, 0.25) is 0 Å². The van der Waals surface area contributed by atoms with Gasteiger partial charge in [0.1, 0.15) is 5.60 Å². The topological polar surface area (TPSA) is 26.3 Å². The van der Waals surface area contributed by atoms with Crippen LogP contribution in [0.15, 0.2) is 24.3 Å². The Morgan fingerprint density at radius 2 is 2.31 bits per heavy atom. The Labute approximate surface area is 96.6 Å². The summed E-state index contributed by atoms with van der Waals surface area (Å²) in [6, 6.07) is 7.86. The van der Waals surface area contributed by atoms with E-state index in [2.05, 4.69) is 13.0 Å². The van der Waals surface area contributed by atoms with E-state index < -0.39 is 5.60 Å². The van der Waals surface area contributed by atoms with E-state index in [1.54, 1.807) is 0 Å². The number of carbonyl (C=O) groups excluding carboxylic acids is 1. The SMILES string of the molecule is CCc1cccc(C(=O)C2(C)CCCO2)c1. The predicted molar refractivity (Wildman–Crippen MR) is 63.7 cm³/mol. The van der Waals surface area contributed by atoms with Crippen LogP contribution in [0, 0.1) is 0 Å². The lowest BCUT2D eigenvalue weighted by atomic mass is 9.91. The van der Waals surface area contributed by atoms with Crippen LogP contribution in [0.4, 0.5) is 0 Å². The minimum atomic E-state index is -0.591. The number of benzene rings is 1. The van der Waals surface area contributed by atoms with Crippen molar-refractivity contribution >= 4 is 5.78 Å². The average Bonchev–Trinajstić information content (AvgIpc) is 2.76. The van der Waals surface area contributed by atoms with E-state index >= 15 is 0 Å². The van der Waals surface area contributed by atoms with Gasteiger partial charge in [-0.1, -0.05) is 25.1 Å². The maximum atomic E-state index is 12.3. The predicted octanol–water partition coefficient (Wildman–Crippen LogP) is 3.00. The Balaban J connectivity index is 2.26. The van der Waals surface area contributed by atoms with Crippen molar-refractivity contribution in [2.45, 2.75) is 38.7 Å². The summed E-state index contributed by atoms with van der Waals surface area (Å²) in [4.78, 5) is 12.3. The molecule has 1 unspecified atom stereocenters. The van der Waals surface area contributed by atoms with E-state index in [1.165, 1.54) is 5.56 Å².